The largest absolute Gasteiger partial charge is 0.487 e. The molecule has 0 radical (unpaired) electrons. The molecule has 110 valence electrons. The SMILES string of the molecule is CC(=O)c1ccc(OC2CC(C)(C)OC2(C)C)cc1F. The molecule has 1 aromatic carbocycles. The first-order chi connectivity index (χ1) is 9.11. The second kappa shape index (κ2) is 4.85. The number of halogens is 1. The molecule has 0 saturated carbocycles. The monoisotopic (exact) mass is 280 g/mol. The molecular weight excluding hydrogens is 259 g/mol. The number of benzene rings is 1. The van der Waals surface area contributed by atoms with Crippen molar-refractivity contribution in [1.82, 2.24) is 0 Å². The number of hydrogen-bond acceptors (Lipinski definition) is 3. The highest BCUT2D eigenvalue weighted by Gasteiger charge is 2.47. The first-order valence-corrected chi connectivity index (χ1v) is 6.78. The molecule has 20 heavy (non-hydrogen) atoms. The molecule has 2 rings (SSSR count). The van der Waals surface area contributed by atoms with Crippen LogP contribution >= 0.6 is 0 Å². The summed E-state index contributed by atoms with van der Waals surface area (Å²) in [5.41, 5.74) is -0.606. The Morgan fingerprint density at radius 3 is 2.45 bits per heavy atom. The number of ketones is 1. The van der Waals surface area contributed by atoms with E-state index in [1.807, 2.05) is 27.7 Å². The van der Waals surface area contributed by atoms with Gasteiger partial charge in [-0.25, -0.2) is 4.39 Å². The minimum atomic E-state index is -0.550. The maximum atomic E-state index is 13.8. The lowest BCUT2D eigenvalue weighted by Gasteiger charge is -2.27. The summed E-state index contributed by atoms with van der Waals surface area (Å²) in [7, 11) is 0. The van der Waals surface area contributed by atoms with Crippen molar-refractivity contribution >= 4 is 5.78 Å². The Morgan fingerprint density at radius 2 is 2.00 bits per heavy atom. The molecule has 1 aromatic rings. The van der Waals surface area contributed by atoms with Gasteiger partial charge in [-0.3, -0.25) is 4.79 Å². The van der Waals surface area contributed by atoms with Gasteiger partial charge in [0, 0.05) is 12.5 Å². The lowest BCUT2D eigenvalue weighted by Crippen LogP contribution is -2.36. The lowest BCUT2D eigenvalue weighted by atomic mass is 9.97. The van der Waals surface area contributed by atoms with Gasteiger partial charge < -0.3 is 9.47 Å². The highest BCUT2D eigenvalue weighted by molar-refractivity contribution is 5.94. The van der Waals surface area contributed by atoms with Crippen LogP contribution in [0.15, 0.2) is 18.2 Å². The number of rotatable bonds is 3. The van der Waals surface area contributed by atoms with Gasteiger partial charge in [-0.2, -0.15) is 0 Å². The van der Waals surface area contributed by atoms with E-state index in [4.69, 9.17) is 9.47 Å². The molecule has 0 aliphatic carbocycles. The van der Waals surface area contributed by atoms with Crippen molar-refractivity contribution in [3.63, 3.8) is 0 Å². The zero-order valence-electron chi connectivity index (χ0n) is 12.6. The van der Waals surface area contributed by atoms with E-state index in [9.17, 15) is 9.18 Å². The van der Waals surface area contributed by atoms with Crippen LogP contribution in [-0.4, -0.2) is 23.1 Å². The van der Waals surface area contributed by atoms with Crippen molar-refractivity contribution in [2.24, 2.45) is 0 Å². The van der Waals surface area contributed by atoms with Gasteiger partial charge in [-0.1, -0.05) is 0 Å². The Balaban J connectivity index is 2.19. The standard InChI is InChI=1S/C16H21FO3/c1-10(18)12-7-6-11(8-13(12)17)19-14-9-15(2,3)20-16(14,4)5/h6-8,14H,9H2,1-5H3. The molecule has 0 amide bonds. The van der Waals surface area contributed by atoms with Gasteiger partial charge in [-0.05, 0) is 46.8 Å². The number of hydrogen-bond donors (Lipinski definition) is 0. The molecule has 0 aromatic heterocycles. The van der Waals surface area contributed by atoms with Crippen molar-refractivity contribution in [2.75, 3.05) is 0 Å². The van der Waals surface area contributed by atoms with Crippen molar-refractivity contribution in [2.45, 2.75) is 58.3 Å². The topological polar surface area (TPSA) is 35.5 Å². The van der Waals surface area contributed by atoms with E-state index in [0.717, 1.165) is 6.42 Å². The highest BCUT2D eigenvalue weighted by Crippen LogP contribution is 2.39. The predicted octanol–water partition coefficient (Wildman–Crippen LogP) is 3.75. The van der Waals surface area contributed by atoms with Gasteiger partial charge >= 0.3 is 0 Å². The van der Waals surface area contributed by atoms with E-state index in [1.54, 1.807) is 6.07 Å². The molecule has 3 nitrogen and oxygen atoms in total. The quantitative estimate of drug-likeness (QED) is 0.791. The highest BCUT2D eigenvalue weighted by atomic mass is 19.1. The van der Waals surface area contributed by atoms with Crippen molar-refractivity contribution < 1.29 is 18.7 Å². The van der Waals surface area contributed by atoms with Crippen LogP contribution in [0.5, 0.6) is 5.75 Å². The first kappa shape index (κ1) is 15.0. The van der Waals surface area contributed by atoms with E-state index in [-0.39, 0.29) is 23.1 Å². The number of ether oxygens (including phenoxy) is 2. The van der Waals surface area contributed by atoms with Crippen molar-refractivity contribution in [3.05, 3.63) is 29.6 Å². The predicted molar refractivity (Wildman–Crippen MR) is 74.7 cm³/mol. The minimum Gasteiger partial charge on any atom is -0.487 e. The summed E-state index contributed by atoms with van der Waals surface area (Å²) in [6.07, 6.45) is 0.580. The summed E-state index contributed by atoms with van der Waals surface area (Å²) < 4.78 is 25.6. The number of carbonyl (C=O) groups excluding carboxylic acids is 1. The fourth-order valence-corrected chi connectivity index (χ4v) is 2.71. The molecule has 4 heteroatoms. The van der Waals surface area contributed by atoms with E-state index in [2.05, 4.69) is 0 Å². The summed E-state index contributed by atoms with van der Waals surface area (Å²) in [6, 6.07) is 4.35. The van der Waals surface area contributed by atoms with Gasteiger partial charge in [0.25, 0.3) is 0 Å². The summed E-state index contributed by atoms with van der Waals surface area (Å²) in [5, 5.41) is 0. The average Bonchev–Trinajstić information content (AvgIpc) is 2.45. The van der Waals surface area contributed by atoms with E-state index in [0.29, 0.717) is 5.75 Å². The van der Waals surface area contributed by atoms with Crippen LogP contribution in [-0.2, 0) is 4.74 Å². The zero-order valence-corrected chi connectivity index (χ0v) is 12.6. The second-order valence-electron chi connectivity index (χ2n) is 6.47. The van der Waals surface area contributed by atoms with Gasteiger partial charge in [0.2, 0.25) is 0 Å². The summed E-state index contributed by atoms with van der Waals surface area (Å²) in [4.78, 5) is 11.2. The fraction of sp³-hybridized carbons (Fsp3) is 0.562. The molecular formula is C16H21FO3. The maximum absolute atomic E-state index is 13.8. The van der Waals surface area contributed by atoms with Crippen LogP contribution in [0, 0.1) is 5.82 Å². The van der Waals surface area contributed by atoms with Crippen molar-refractivity contribution in [3.8, 4) is 5.75 Å². The smallest absolute Gasteiger partial charge is 0.162 e. The summed E-state index contributed by atoms with van der Waals surface area (Å²) in [5.74, 6) is -0.419. The Hall–Kier alpha value is -1.42. The van der Waals surface area contributed by atoms with Gasteiger partial charge in [-0.15, -0.1) is 0 Å². The second-order valence-corrected chi connectivity index (χ2v) is 6.47. The third kappa shape index (κ3) is 3.01. The lowest BCUT2D eigenvalue weighted by molar-refractivity contribution is -0.0846. The van der Waals surface area contributed by atoms with Crippen LogP contribution < -0.4 is 4.74 Å². The Labute approximate surface area is 119 Å². The molecule has 1 aliphatic rings. The van der Waals surface area contributed by atoms with Crippen LogP contribution in [0.25, 0.3) is 0 Å². The minimum absolute atomic E-state index is 0.0830. The summed E-state index contributed by atoms with van der Waals surface area (Å²) in [6.45, 7) is 9.30. The normalized spacial score (nSPS) is 23.6. The number of Topliss-reactive ketones (excluding diaryl/α,β-unsaturated/α-hetero) is 1. The molecule has 1 fully saturated rings. The van der Waals surface area contributed by atoms with Gasteiger partial charge in [0.05, 0.1) is 11.2 Å². The summed E-state index contributed by atoms with van der Waals surface area (Å²) >= 11 is 0. The Kier molecular flexibility index (Phi) is 3.63. The molecule has 1 aliphatic heterocycles. The first-order valence-electron chi connectivity index (χ1n) is 6.78. The molecule has 1 atom stereocenters. The molecule has 1 heterocycles. The molecule has 1 saturated heterocycles. The molecule has 0 spiro atoms. The van der Waals surface area contributed by atoms with Crippen LogP contribution in [0.2, 0.25) is 0 Å². The van der Waals surface area contributed by atoms with Crippen molar-refractivity contribution in [1.29, 1.82) is 0 Å². The van der Waals surface area contributed by atoms with E-state index < -0.39 is 11.4 Å². The van der Waals surface area contributed by atoms with Gasteiger partial charge in [0.15, 0.2) is 5.78 Å². The third-order valence-corrected chi connectivity index (χ3v) is 3.59. The molecule has 0 bridgehead atoms. The third-order valence-electron chi connectivity index (χ3n) is 3.59. The van der Waals surface area contributed by atoms with Crippen LogP contribution in [0.3, 0.4) is 0 Å². The van der Waals surface area contributed by atoms with Gasteiger partial charge in [0.1, 0.15) is 23.3 Å². The maximum Gasteiger partial charge on any atom is 0.162 e. The molecule has 0 N–H and O–H groups in total. The zero-order chi connectivity index (χ0) is 15.1. The van der Waals surface area contributed by atoms with Crippen LogP contribution in [0.4, 0.5) is 4.39 Å². The Bertz CT molecular complexity index is 535. The average molecular weight is 280 g/mol. The van der Waals surface area contributed by atoms with E-state index >= 15 is 0 Å². The number of carbonyl (C=O) groups is 1. The fourth-order valence-electron chi connectivity index (χ4n) is 2.71. The molecule has 1 unspecified atom stereocenters. The Morgan fingerprint density at radius 1 is 1.35 bits per heavy atom. The van der Waals surface area contributed by atoms with Crippen LogP contribution in [0.1, 0.15) is 51.4 Å². The van der Waals surface area contributed by atoms with E-state index in [1.165, 1.54) is 19.1 Å².